The van der Waals surface area contributed by atoms with Gasteiger partial charge in [0.1, 0.15) is 5.82 Å². The van der Waals surface area contributed by atoms with Crippen molar-refractivity contribution in [3.63, 3.8) is 0 Å². The highest BCUT2D eigenvalue weighted by molar-refractivity contribution is 5.70. The number of benzene rings is 3. The molecule has 0 atom stereocenters. The second-order valence-corrected chi connectivity index (χ2v) is 8.29. The second-order valence-electron chi connectivity index (χ2n) is 8.29. The van der Waals surface area contributed by atoms with Crippen LogP contribution in [0.25, 0.3) is 22.3 Å². The molecule has 0 bridgehead atoms. The zero-order valence-electron chi connectivity index (χ0n) is 17.0. The summed E-state index contributed by atoms with van der Waals surface area (Å²) in [5.41, 5.74) is 6.10. The van der Waals surface area contributed by atoms with Gasteiger partial charge in [-0.1, -0.05) is 66.7 Å². The molecule has 4 rings (SSSR count). The largest absolute Gasteiger partial charge is 0.207 e. The molecule has 1 aliphatic carbocycles. The molecule has 3 aromatic rings. The quantitative estimate of drug-likeness (QED) is 0.374. The third-order valence-electron chi connectivity index (χ3n) is 6.40. The summed E-state index contributed by atoms with van der Waals surface area (Å²) >= 11 is 0. The standard InChI is InChI=1S/C28H29F/c1-2-3-4-21-5-7-22(8-6-21)23-9-11-24(12-10-23)25-13-15-26(16-14-25)27-17-19-28(29)20-18-27/h2,9-22H,1,3-8H2/t21-,22-. The van der Waals surface area contributed by atoms with E-state index in [1.807, 2.05) is 12.1 Å². The molecule has 1 fully saturated rings. The second kappa shape index (κ2) is 9.22. The summed E-state index contributed by atoms with van der Waals surface area (Å²) in [5.74, 6) is 1.41. The first-order valence-corrected chi connectivity index (χ1v) is 10.8. The van der Waals surface area contributed by atoms with E-state index in [-0.39, 0.29) is 5.82 Å². The van der Waals surface area contributed by atoms with Crippen molar-refractivity contribution in [1.29, 1.82) is 0 Å². The Labute approximate surface area is 174 Å². The Morgan fingerprint density at radius 3 is 1.62 bits per heavy atom. The van der Waals surface area contributed by atoms with Gasteiger partial charge in [-0.2, -0.15) is 0 Å². The molecule has 0 amide bonds. The fraction of sp³-hybridized carbons (Fsp3) is 0.286. The Morgan fingerprint density at radius 1 is 0.690 bits per heavy atom. The maximum atomic E-state index is 13.1. The molecule has 0 N–H and O–H groups in total. The Hall–Kier alpha value is -2.67. The van der Waals surface area contributed by atoms with Gasteiger partial charge < -0.3 is 0 Å². The topological polar surface area (TPSA) is 0 Å². The fourth-order valence-electron chi connectivity index (χ4n) is 4.58. The van der Waals surface area contributed by atoms with Crippen LogP contribution in [0.4, 0.5) is 4.39 Å². The third-order valence-corrected chi connectivity index (χ3v) is 6.40. The van der Waals surface area contributed by atoms with Crippen LogP contribution in [0.1, 0.15) is 50.0 Å². The van der Waals surface area contributed by atoms with E-state index < -0.39 is 0 Å². The Bertz CT molecular complexity index is 912. The lowest BCUT2D eigenvalue weighted by atomic mass is 9.77. The molecule has 1 heteroatoms. The lowest BCUT2D eigenvalue weighted by Crippen LogP contribution is -2.13. The molecule has 29 heavy (non-hydrogen) atoms. The van der Waals surface area contributed by atoms with Crippen LogP contribution in [-0.2, 0) is 0 Å². The highest BCUT2D eigenvalue weighted by Gasteiger charge is 2.21. The Kier molecular flexibility index (Phi) is 6.24. The summed E-state index contributed by atoms with van der Waals surface area (Å²) in [6, 6.07) is 24.3. The Morgan fingerprint density at radius 2 is 1.14 bits per heavy atom. The summed E-state index contributed by atoms with van der Waals surface area (Å²) in [6.45, 7) is 3.85. The summed E-state index contributed by atoms with van der Waals surface area (Å²) in [4.78, 5) is 0. The molecule has 1 aliphatic rings. The number of allylic oxidation sites excluding steroid dienone is 1. The first-order valence-electron chi connectivity index (χ1n) is 10.8. The SMILES string of the molecule is C=CCC[C@H]1CC[C@H](c2ccc(-c3ccc(-c4ccc(F)cc4)cc3)cc2)CC1. The molecule has 3 aromatic carbocycles. The molecule has 0 nitrogen and oxygen atoms in total. The van der Waals surface area contributed by atoms with Crippen LogP contribution in [0.3, 0.4) is 0 Å². The van der Waals surface area contributed by atoms with Gasteiger partial charge in [-0.15, -0.1) is 6.58 Å². The van der Waals surface area contributed by atoms with Crippen LogP contribution in [0.2, 0.25) is 0 Å². The van der Waals surface area contributed by atoms with Crippen molar-refractivity contribution in [2.75, 3.05) is 0 Å². The zero-order valence-corrected chi connectivity index (χ0v) is 17.0. The monoisotopic (exact) mass is 384 g/mol. The van der Waals surface area contributed by atoms with Crippen molar-refractivity contribution < 1.29 is 4.39 Å². The van der Waals surface area contributed by atoms with E-state index in [0.29, 0.717) is 5.92 Å². The average molecular weight is 385 g/mol. The number of hydrogen-bond donors (Lipinski definition) is 0. The molecular formula is C28H29F. The third kappa shape index (κ3) is 4.85. The van der Waals surface area contributed by atoms with Gasteiger partial charge in [0, 0.05) is 0 Å². The van der Waals surface area contributed by atoms with Crippen molar-refractivity contribution in [3.05, 3.63) is 96.8 Å². The smallest absolute Gasteiger partial charge is 0.123 e. The van der Waals surface area contributed by atoms with Crippen molar-refractivity contribution in [2.45, 2.75) is 44.4 Å². The van der Waals surface area contributed by atoms with Gasteiger partial charge in [0.15, 0.2) is 0 Å². The van der Waals surface area contributed by atoms with E-state index in [1.54, 1.807) is 0 Å². The highest BCUT2D eigenvalue weighted by Crippen LogP contribution is 2.38. The molecule has 0 unspecified atom stereocenters. The predicted molar refractivity (Wildman–Crippen MR) is 121 cm³/mol. The van der Waals surface area contributed by atoms with Crippen LogP contribution in [0, 0.1) is 11.7 Å². The number of hydrogen-bond acceptors (Lipinski definition) is 0. The zero-order chi connectivity index (χ0) is 20.1. The van der Waals surface area contributed by atoms with E-state index in [4.69, 9.17) is 0 Å². The van der Waals surface area contributed by atoms with Gasteiger partial charge >= 0.3 is 0 Å². The molecule has 0 radical (unpaired) electrons. The van der Waals surface area contributed by atoms with E-state index in [2.05, 4.69) is 61.2 Å². The lowest BCUT2D eigenvalue weighted by Gasteiger charge is -2.28. The molecular weight excluding hydrogens is 355 g/mol. The van der Waals surface area contributed by atoms with Crippen molar-refractivity contribution in [1.82, 2.24) is 0 Å². The van der Waals surface area contributed by atoms with E-state index in [9.17, 15) is 4.39 Å². The molecule has 148 valence electrons. The maximum absolute atomic E-state index is 13.1. The summed E-state index contributed by atoms with van der Waals surface area (Å²) in [6.07, 6.45) is 9.85. The minimum absolute atomic E-state index is 0.198. The van der Waals surface area contributed by atoms with E-state index in [1.165, 1.54) is 60.9 Å². The summed E-state index contributed by atoms with van der Waals surface area (Å²) < 4.78 is 13.1. The van der Waals surface area contributed by atoms with Crippen LogP contribution in [-0.4, -0.2) is 0 Å². The van der Waals surface area contributed by atoms with Gasteiger partial charge in [-0.3, -0.25) is 0 Å². The molecule has 0 saturated heterocycles. The van der Waals surface area contributed by atoms with Gasteiger partial charge in [0.2, 0.25) is 0 Å². The first kappa shape index (κ1) is 19.6. The predicted octanol–water partition coefficient (Wildman–Crippen LogP) is 8.40. The Balaban J connectivity index is 1.40. The summed E-state index contributed by atoms with van der Waals surface area (Å²) in [7, 11) is 0. The summed E-state index contributed by atoms with van der Waals surface area (Å²) in [5, 5.41) is 0. The van der Waals surface area contributed by atoms with Crippen LogP contribution >= 0.6 is 0 Å². The van der Waals surface area contributed by atoms with Crippen LogP contribution in [0.15, 0.2) is 85.5 Å². The van der Waals surface area contributed by atoms with Crippen LogP contribution < -0.4 is 0 Å². The molecule has 0 aliphatic heterocycles. The number of rotatable bonds is 6. The minimum atomic E-state index is -0.198. The van der Waals surface area contributed by atoms with Crippen molar-refractivity contribution in [3.8, 4) is 22.3 Å². The molecule has 0 spiro atoms. The van der Waals surface area contributed by atoms with Crippen LogP contribution in [0.5, 0.6) is 0 Å². The van der Waals surface area contributed by atoms with Crippen molar-refractivity contribution >= 4 is 0 Å². The minimum Gasteiger partial charge on any atom is -0.207 e. The highest BCUT2D eigenvalue weighted by atomic mass is 19.1. The number of halogens is 1. The maximum Gasteiger partial charge on any atom is 0.123 e. The van der Waals surface area contributed by atoms with Crippen molar-refractivity contribution in [2.24, 2.45) is 5.92 Å². The van der Waals surface area contributed by atoms with Gasteiger partial charge in [0.05, 0.1) is 0 Å². The fourth-order valence-corrected chi connectivity index (χ4v) is 4.58. The molecule has 0 heterocycles. The van der Waals surface area contributed by atoms with E-state index in [0.717, 1.165) is 23.5 Å². The molecule has 0 aromatic heterocycles. The van der Waals surface area contributed by atoms with E-state index >= 15 is 0 Å². The molecule has 1 saturated carbocycles. The van der Waals surface area contributed by atoms with Gasteiger partial charge in [-0.25, -0.2) is 4.39 Å². The lowest BCUT2D eigenvalue weighted by molar-refractivity contribution is 0.312. The van der Waals surface area contributed by atoms with Gasteiger partial charge in [0.25, 0.3) is 0 Å². The normalized spacial score (nSPS) is 19.1. The van der Waals surface area contributed by atoms with Gasteiger partial charge in [-0.05, 0) is 90.3 Å². The first-order chi connectivity index (χ1) is 14.2. The average Bonchev–Trinajstić information content (AvgIpc) is 2.79.